The van der Waals surface area contributed by atoms with Gasteiger partial charge >= 0.3 is 5.63 Å². The number of fused-ring (bicyclic) bond motifs is 9. The van der Waals surface area contributed by atoms with Gasteiger partial charge in [-0.25, -0.2) is 4.79 Å². The van der Waals surface area contributed by atoms with Gasteiger partial charge in [0.05, 0.1) is 0 Å². The van der Waals surface area contributed by atoms with Gasteiger partial charge in [0.1, 0.15) is 17.1 Å². The Labute approximate surface area is 141 Å². The zero-order chi connectivity index (χ0) is 16.9. The van der Waals surface area contributed by atoms with Crippen LogP contribution in [-0.2, 0) is 19.3 Å². The second-order valence-corrected chi connectivity index (χ2v) is 6.42. The maximum Gasteiger partial charge on any atom is 0.350 e. The molecule has 0 saturated heterocycles. The van der Waals surface area contributed by atoms with Gasteiger partial charge in [-0.05, 0) is 49.7 Å². The van der Waals surface area contributed by atoms with Gasteiger partial charge in [-0.3, -0.25) is 4.79 Å². The van der Waals surface area contributed by atoms with Crippen LogP contribution in [0.1, 0.15) is 59.3 Å². The van der Waals surface area contributed by atoms with Gasteiger partial charge in [0.25, 0.3) is 0 Å². The Balaban J connectivity index is 1.84. The molecule has 24 heavy (non-hydrogen) atoms. The van der Waals surface area contributed by atoms with E-state index in [0.29, 0.717) is 18.6 Å². The number of aromatic hydroxyl groups is 1. The van der Waals surface area contributed by atoms with E-state index in [2.05, 4.69) is 24.3 Å². The van der Waals surface area contributed by atoms with Crippen molar-refractivity contribution in [2.45, 2.75) is 51.4 Å². The van der Waals surface area contributed by atoms with E-state index in [9.17, 15) is 14.7 Å². The molecule has 4 nitrogen and oxygen atoms in total. The molecule has 0 unspecified atom stereocenters. The molecule has 0 saturated carbocycles. The van der Waals surface area contributed by atoms with Crippen LogP contribution >= 0.6 is 0 Å². The van der Waals surface area contributed by atoms with Crippen LogP contribution in [0.3, 0.4) is 0 Å². The predicted octanol–water partition coefficient (Wildman–Crippen LogP) is 3.82. The average Bonchev–Trinajstić information content (AvgIpc) is 2.55. The van der Waals surface area contributed by atoms with Gasteiger partial charge in [0.15, 0.2) is 5.78 Å². The van der Waals surface area contributed by atoms with E-state index in [1.807, 2.05) is 0 Å². The molecule has 2 aliphatic rings. The summed E-state index contributed by atoms with van der Waals surface area (Å²) in [6.07, 6.45) is 6.13. The summed E-state index contributed by atoms with van der Waals surface area (Å²) >= 11 is 0. The van der Waals surface area contributed by atoms with E-state index in [4.69, 9.17) is 4.42 Å². The van der Waals surface area contributed by atoms with Crippen molar-refractivity contribution in [1.29, 1.82) is 0 Å². The Bertz CT molecular complexity index is 788. The third-order valence-electron chi connectivity index (χ3n) is 4.51. The third-order valence-corrected chi connectivity index (χ3v) is 4.51. The first-order chi connectivity index (χ1) is 11.6. The van der Waals surface area contributed by atoms with Crippen LogP contribution in [-0.4, -0.2) is 10.9 Å². The number of Topliss-reactive ketones (excluding diaryl/α,β-unsaturated/α-hetero) is 1. The highest BCUT2D eigenvalue weighted by atomic mass is 16.4. The first-order valence-electron chi connectivity index (χ1n) is 8.60. The molecule has 126 valence electrons. The van der Waals surface area contributed by atoms with Crippen LogP contribution in [0.4, 0.5) is 0 Å². The number of benzene rings is 1. The molecule has 0 amide bonds. The number of hydrogen-bond acceptors (Lipinski definition) is 4. The van der Waals surface area contributed by atoms with E-state index in [1.165, 1.54) is 17.2 Å². The van der Waals surface area contributed by atoms with E-state index in [-0.39, 0.29) is 23.5 Å². The Morgan fingerprint density at radius 1 is 0.833 bits per heavy atom. The molecule has 1 aromatic heterocycles. The summed E-state index contributed by atoms with van der Waals surface area (Å²) in [5.74, 6) is -0.146. The molecule has 0 radical (unpaired) electrons. The fraction of sp³-hybridized carbons (Fsp3) is 0.400. The molecule has 1 aliphatic carbocycles. The van der Waals surface area contributed by atoms with Crippen molar-refractivity contribution in [2.75, 3.05) is 0 Å². The fourth-order valence-electron chi connectivity index (χ4n) is 3.22. The monoisotopic (exact) mass is 326 g/mol. The van der Waals surface area contributed by atoms with Crippen molar-refractivity contribution in [3.8, 4) is 5.75 Å². The highest BCUT2D eigenvalue weighted by Crippen LogP contribution is 2.20. The van der Waals surface area contributed by atoms with Gasteiger partial charge in [0, 0.05) is 18.9 Å². The van der Waals surface area contributed by atoms with Gasteiger partial charge in [-0.1, -0.05) is 24.3 Å². The van der Waals surface area contributed by atoms with Gasteiger partial charge in [0.2, 0.25) is 0 Å². The summed E-state index contributed by atoms with van der Waals surface area (Å²) < 4.78 is 5.22. The van der Waals surface area contributed by atoms with Crippen molar-refractivity contribution < 1.29 is 14.3 Å². The van der Waals surface area contributed by atoms with Gasteiger partial charge in [-0.15, -0.1) is 0 Å². The lowest BCUT2D eigenvalue weighted by atomic mass is 9.99. The van der Waals surface area contributed by atoms with E-state index in [1.54, 1.807) is 0 Å². The van der Waals surface area contributed by atoms with Crippen LogP contribution in [0.5, 0.6) is 5.75 Å². The average molecular weight is 326 g/mol. The molecule has 2 heterocycles. The standard InChI is InChI=1S/C20H22O4/c21-17-11-4-2-7-15-9-5-8-14(12-15)6-1-3-10-16-13-18(22)19(17)20(23)24-16/h5,8-9,12-13,22H,1-4,6-7,10-11H2. The lowest BCUT2D eigenvalue weighted by molar-refractivity contribution is 0.0972. The van der Waals surface area contributed by atoms with Crippen LogP contribution in [0.2, 0.25) is 0 Å². The summed E-state index contributed by atoms with van der Waals surface area (Å²) in [6.45, 7) is 0. The first-order valence-corrected chi connectivity index (χ1v) is 8.60. The van der Waals surface area contributed by atoms with E-state index >= 15 is 0 Å². The minimum atomic E-state index is -0.715. The molecule has 0 atom stereocenters. The normalized spacial score (nSPS) is 16.2. The zero-order valence-electron chi connectivity index (χ0n) is 13.7. The van der Waals surface area contributed by atoms with E-state index in [0.717, 1.165) is 32.1 Å². The summed E-state index contributed by atoms with van der Waals surface area (Å²) in [7, 11) is 0. The largest absolute Gasteiger partial charge is 0.507 e. The smallest absolute Gasteiger partial charge is 0.350 e. The number of aryl methyl sites for hydroxylation is 3. The molecular formula is C20H22O4. The first kappa shape index (κ1) is 16.5. The molecule has 4 heteroatoms. The Hall–Kier alpha value is -2.36. The molecule has 1 aliphatic heterocycles. The maximum absolute atomic E-state index is 12.2. The lowest BCUT2D eigenvalue weighted by Gasteiger charge is -2.08. The van der Waals surface area contributed by atoms with Crippen molar-refractivity contribution >= 4 is 5.78 Å². The predicted molar refractivity (Wildman–Crippen MR) is 91.6 cm³/mol. The Morgan fingerprint density at radius 2 is 1.46 bits per heavy atom. The second-order valence-electron chi connectivity index (χ2n) is 6.42. The highest BCUT2D eigenvalue weighted by Gasteiger charge is 2.18. The van der Waals surface area contributed by atoms with E-state index < -0.39 is 5.63 Å². The molecular weight excluding hydrogens is 304 g/mol. The third kappa shape index (κ3) is 3.94. The van der Waals surface area contributed by atoms with Crippen LogP contribution in [0.25, 0.3) is 0 Å². The number of rotatable bonds is 0. The van der Waals surface area contributed by atoms with Crippen molar-refractivity contribution in [3.05, 3.63) is 63.2 Å². The molecule has 1 aromatic carbocycles. The minimum absolute atomic E-state index is 0.201. The molecule has 0 fully saturated rings. The summed E-state index contributed by atoms with van der Waals surface area (Å²) in [5, 5.41) is 10.0. The van der Waals surface area contributed by atoms with Crippen LogP contribution in [0, 0.1) is 0 Å². The number of carbonyl (C=O) groups excluding carboxylic acids is 1. The van der Waals surface area contributed by atoms with Crippen molar-refractivity contribution in [2.24, 2.45) is 0 Å². The molecule has 4 bridgehead atoms. The fourth-order valence-corrected chi connectivity index (χ4v) is 3.22. The molecule has 1 N–H and O–H groups in total. The zero-order valence-corrected chi connectivity index (χ0v) is 13.7. The molecule has 4 rings (SSSR count). The maximum atomic E-state index is 12.2. The molecule has 2 aromatic rings. The molecule has 0 spiro atoms. The lowest BCUT2D eigenvalue weighted by Crippen LogP contribution is -2.15. The number of ketones is 1. The van der Waals surface area contributed by atoms with Crippen LogP contribution < -0.4 is 5.63 Å². The topological polar surface area (TPSA) is 67.5 Å². The second kappa shape index (κ2) is 7.47. The summed E-state index contributed by atoms with van der Waals surface area (Å²) in [4.78, 5) is 24.2. The van der Waals surface area contributed by atoms with Crippen LogP contribution in [0.15, 0.2) is 39.5 Å². The summed E-state index contributed by atoms with van der Waals surface area (Å²) in [6, 6.07) is 10.0. The number of hydrogen-bond donors (Lipinski definition) is 1. The SMILES string of the molecule is O=C1CCCCc2cccc(c2)CCCCc2cc(O)c1c(=O)o2. The van der Waals surface area contributed by atoms with Crippen molar-refractivity contribution in [1.82, 2.24) is 0 Å². The highest BCUT2D eigenvalue weighted by molar-refractivity contribution is 5.97. The van der Waals surface area contributed by atoms with Gasteiger partial charge in [-0.2, -0.15) is 0 Å². The van der Waals surface area contributed by atoms with Gasteiger partial charge < -0.3 is 9.52 Å². The minimum Gasteiger partial charge on any atom is -0.507 e. The summed E-state index contributed by atoms with van der Waals surface area (Å²) in [5.41, 5.74) is 1.69. The quantitative estimate of drug-likeness (QED) is 0.799. The number of carbonyl (C=O) groups is 1. The van der Waals surface area contributed by atoms with Crippen molar-refractivity contribution in [3.63, 3.8) is 0 Å². The Morgan fingerprint density at radius 3 is 2.12 bits per heavy atom. The Kier molecular flexibility index (Phi) is 5.14.